The Morgan fingerprint density at radius 3 is 2.81 bits per heavy atom. The molecule has 0 amide bonds. The largest absolute Gasteiger partial charge is 0.382 e. The highest BCUT2D eigenvalue weighted by Gasteiger charge is 2.48. The summed E-state index contributed by atoms with van der Waals surface area (Å²) >= 11 is 0. The monoisotopic (exact) mass is 229 g/mol. The van der Waals surface area contributed by atoms with Crippen LogP contribution in [-0.2, 0) is 14.2 Å². The molecule has 2 rings (SSSR count). The maximum atomic E-state index is 6.42. The molecule has 2 fully saturated rings. The first kappa shape index (κ1) is 12.3. The van der Waals surface area contributed by atoms with Gasteiger partial charge in [0.15, 0.2) is 0 Å². The summed E-state index contributed by atoms with van der Waals surface area (Å²) in [6.45, 7) is 2.84. The van der Waals surface area contributed by atoms with Gasteiger partial charge < -0.3 is 19.9 Å². The Hall–Kier alpha value is -0.160. The lowest BCUT2D eigenvalue weighted by molar-refractivity contribution is 0.0328. The molecule has 0 aromatic rings. The zero-order valence-corrected chi connectivity index (χ0v) is 10.1. The summed E-state index contributed by atoms with van der Waals surface area (Å²) in [5.74, 6) is 0.714. The van der Waals surface area contributed by atoms with Crippen LogP contribution in [0.4, 0.5) is 0 Å². The Kier molecular flexibility index (Phi) is 4.19. The topological polar surface area (TPSA) is 53.7 Å². The first-order chi connectivity index (χ1) is 7.76. The van der Waals surface area contributed by atoms with E-state index in [1.807, 2.05) is 0 Å². The van der Waals surface area contributed by atoms with E-state index in [9.17, 15) is 0 Å². The summed E-state index contributed by atoms with van der Waals surface area (Å²) in [7, 11) is 1.68. The molecule has 0 radical (unpaired) electrons. The van der Waals surface area contributed by atoms with Crippen LogP contribution in [0.15, 0.2) is 0 Å². The summed E-state index contributed by atoms with van der Waals surface area (Å²) in [5, 5.41) is 0. The van der Waals surface area contributed by atoms with Crippen LogP contribution < -0.4 is 5.73 Å². The van der Waals surface area contributed by atoms with Crippen LogP contribution in [0.5, 0.6) is 0 Å². The molecule has 2 unspecified atom stereocenters. The quantitative estimate of drug-likeness (QED) is 0.660. The number of rotatable bonds is 7. The number of methoxy groups -OCH3 is 1. The Balaban J connectivity index is 1.69. The third-order valence-electron chi connectivity index (χ3n) is 3.63. The molecule has 1 heterocycles. The van der Waals surface area contributed by atoms with Crippen LogP contribution in [0.3, 0.4) is 0 Å². The SMILES string of the molecule is COCCOCCC1(N)CCOC1C1CC1. The molecule has 1 saturated carbocycles. The lowest BCUT2D eigenvalue weighted by atomic mass is 9.86. The van der Waals surface area contributed by atoms with Crippen LogP contribution in [0, 0.1) is 5.92 Å². The molecule has 2 N–H and O–H groups in total. The minimum atomic E-state index is -0.145. The summed E-state index contributed by atoms with van der Waals surface area (Å²) in [4.78, 5) is 0. The second-order valence-electron chi connectivity index (χ2n) is 4.97. The molecule has 94 valence electrons. The molecule has 16 heavy (non-hydrogen) atoms. The van der Waals surface area contributed by atoms with E-state index in [-0.39, 0.29) is 11.6 Å². The number of hydrogen-bond donors (Lipinski definition) is 1. The van der Waals surface area contributed by atoms with Crippen molar-refractivity contribution in [2.75, 3.05) is 33.5 Å². The van der Waals surface area contributed by atoms with Crippen molar-refractivity contribution in [3.63, 3.8) is 0 Å². The van der Waals surface area contributed by atoms with E-state index in [4.69, 9.17) is 19.9 Å². The predicted molar refractivity (Wildman–Crippen MR) is 61.3 cm³/mol. The van der Waals surface area contributed by atoms with E-state index in [0.29, 0.717) is 25.7 Å². The summed E-state index contributed by atoms with van der Waals surface area (Å²) in [6, 6.07) is 0. The molecule has 2 atom stereocenters. The fourth-order valence-corrected chi connectivity index (χ4v) is 2.46. The van der Waals surface area contributed by atoms with E-state index < -0.39 is 0 Å². The van der Waals surface area contributed by atoms with Crippen molar-refractivity contribution < 1.29 is 14.2 Å². The number of hydrogen-bond acceptors (Lipinski definition) is 4. The van der Waals surface area contributed by atoms with Gasteiger partial charge in [0, 0.05) is 25.9 Å². The zero-order valence-electron chi connectivity index (χ0n) is 10.1. The number of nitrogens with two attached hydrogens (primary N) is 1. The van der Waals surface area contributed by atoms with Gasteiger partial charge in [-0.1, -0.05) is 0 Å². The van der Waals surface area contributed by atoms with E-state index >= 15 is 0 Å². The van der Waals surface area contributed by atoms with Crippen molar-refractivity contribution in [3.05, 3.63) is 0 Å². The average molecular weight is 229 g/mol. The van der Waals surface area contributed by atoms with Gasteiger partial charge in [-0.2, -0.15) is 0 Å². The van der Waals surface area contributed by atoms with E-state index in [0.717, 1.165) is 19.4 Å². The van der Waals surface area contributed by atoms with Crippen LogP contribution in [-0.4, -0.2) is 45.2 Å². The highest BCUT2D eigenvalue weighted by molar-refractivity contribution is 5.03. The van der Waals surface area contributed by atoms with Crippen molar-refractivity contribution >= 4 is 0 Å². The fraction of sp³-hybridized carbons (Fsp3) is 1.00. The molecule has 1 saturated heterocycles. The second-order valence-corrected chi connectivity index (χ2v) is 4.97. The van der Waals surface area contributed by atoms with Gasteiger partial charge in [-0.05, 0) is 31.6 Å². The standard InChI is InChI=1S/C12H23NO3/c1-14-8-9-15-6-4-12(13)5-7-16-11(12)10-2-3-10/h10-11H,2-9,13H2,1H3. The van der Waals surface area contributed by atoms with Gasteiger partial charge in [0.25, 0.3) is 0 Å². The van der Waals surface area contributed by atoms with Gasteiger partial charge in [-0.25, -0.2) is 0 Å². The van der Waals surface area contributed by atoms with E-state index in [2.05, 4.69) is 0 Å². The third-order valence-corrected chi connectivity index (χ3v) is 3.63. The second kappa shape index (κ2) is 5.45. The third kappa shape index (κ3) is 2.94. The van der Waals surface area contributed by atoms with Gasteiger partial charge in [-0.15, -0.1) is 0 Å². The molecular weight excluding hydrogens is 206 g/mol. The maximum Gasteiger partial charge on any atom is 0.0784 e. The normalized spacial score (nSPS) is 34.5. The van der Waals surface area contributed by atoms with E-state index in [1.54, 1.807) is 7.11 Å². The summed E-state index contributed by atoms with van der Waals surface area (Å²) in [6.07, 6.45) is 4.72. The zero-order chi connectivity index (χ0) is 11.4. The average Bonchev–Trinajstić information content (AvgIpc) is 3.03. The van der Waals surface area contributed by atoms with Crippen molar-refractivity contribution in [2.45, 2.75) is 37.3 Å². The molecule has 0 aromatic heterocycles. The predicted octanol–water partition coefficient (Wildman–Crippen LogP) is 0.936. The molecule has 2 aliphatic rings. The molecule has 1 aliphatic heterocycles. The first-order valence-electron chi connectivity index (χ1n) is 6.23. The lowest BCUT2D eigenvalue weighted by Gasteiger charge is -2.29. The van der Waals surface area contributed by atoms with Gasteiger partial charge >= 0.3 is 0 Å². The smallest absolute Gasteiger partial charge is 0.0784 e. The summed E-state index contributed by atoms with van der Waals surface area (Å²) < 4.78 is 16.2. The Morgan fingerprint density at radius 1 is 1.31 bits per heavy atom. The van der Waals surface area contributed by atoms with E-state index in [1.165, 1.54) is 12.8 Å². The Morgan fingerprint density at radius 2 is 2.12 bits per heavy atom. The molecule has 4 heteroatoms. The van der Waals surface area contributed by atoms with Gasteiger partial charge in [-0.3, -0.25) is 0 Å². The molecule has 4 nitrogen and oxygen atoms in total. The van der Waals surface area contributed by atoms with Gasteiger partial charge in [0.05, 0.1) is 19.3 Å². The van der Waals surface area contributed by atoms with Gasteiger partial charge in [0.2, 0.25) is 0 Å². The minimum absolute atomic E-state index is 0.145. The summed E-state index contributed by atoms with van der Waals surface area (Å²) in [5.41, 5.74) is 6.28. The van der Waals surface area contributed by atoms with Crippen LogP contribution in [0.1, 0.15) is 25.7 Å². The fourth-order valence-electron chi connectivity index (χ4n) is 2.46. The maximum absolute atomic E-state index is 6.42. The molecule has 1 aliphatic carbocycles. The van der Waals surface area contributed by atoms with Crippen molar-refractivity contribution in [1.29, 1.82) is 0 Å². The van der Waals surface area contributed by atoms with Crippen LogP contribution >= 0.6 is 0 Å². The Bertz CT molecular complexity index is 220. The molecule has 0 spiro atoms. The highest BCUT2D eigenvalue weighted by Crippen LogP contribution is 2.43. The first-order valence-corrected chi connectivity index (χ1v) is 6.23. The van der Waals surface area contributed by atoms with Crippen molar-refractivity contribution in [2.24, 2.45) is 11.7 Å². The number of ether oxygens (including phenoxy) is 3. The highest BCUT2D eigenvalue weighted by atomic mass is 16.5. The Labute approximate surface area is 97.4 Å². The van der Waals surface area contributed by atoms with Crippen LogP contribution in [0.25, 0.3) is 0 Å². The molecular formula is C12H23NO3. The van der Waals surface area contributed by atoms with Gasteiger partial charge in [0.1, 0.15) is 0 Å². The van der Waals surface area contributed by atoms with Crippen molar-refractivity contribution in [1.82, 2.24) is 0 Å². The van der Waals surface area contributed by atoms with Crippen molar-refractivity contribution in [3.8, 4) is 0 Å². The molecule has 0 bridgehead atoms. The minimum Gasteiger partial charge on any atom is -0.382 e. The molecule has 0 aromatic carbocycles. The van der Waals surface area contributed by atoms with Crippen LogP contribution in [0.2, 0.25) is 0 Å². The lowest BCUT2D eigenvalue weighted by Crippen LogP contribution is -2.49.